The highest BCUT2D eigenvalue weighted by molar-refractivity contribution is 7.14. The molecule has 27 heavy (non-hydrogen) atoms. The number of alkyl halides is 3. The molecule has 0 bridgehead atoms. The van der Waals surface area contributed by atoms with Crippen molar-refractivity contribution < 1.29 is 22.8 Å². The van der Waals surface area contributed by atoms with Gasteiger partial charge in [0, 0.05) is 23.2 Å². The van der Waals surface area contributed by atoms with Gasteiger partial charge in [-0.3, -0.25) is 14.9 Å². The zero-order valence-electron chi connectivity index (χ0n) is 13.6. The summed E-state index contributed by atoms with van der Waals surface area (Å²) in [5.41, 5.74) is -0.0621. The van der Waals surface area contributed by atoms with E-state index < -0.39 is 17.6 Å². The van der Waals surface area contributed by atoms with Crippen molar-refractivity contribution in [1.82, 2.24) is 9.97 Å². The van der Waals surface area contributed by atoms with Crippen LogP contribution in [0.4, 0.5) is 23.4 Å². The first kappa shape index (κ1) is 19.0. The van der Waals surface area contributed by atoms with Crippen molar-refractivity contribution in [1.29, 1.82) is 0 Å². The van der Waals surface area contributed by atoms with Crippen LogP contribution in [-0.4, -0.2) is 21.8 Å². The van der Waals surface area contributed by atoms with Gasteiger partial charge in [0.2, 0.25) is 5.91 Å². The Balaban J connectivity index is 1.74. The van der Waals surface area contributed by atoms with Gasteiger partial charge in [0.1, 0.15) is 5.69 Å². The molecular weight excluding hydrogens is 401 g/mol. The third-order valence-corrected chi connectivity index (χ3v) is 4.75. The van der Waals surface area contributed by atoms with Gasteiger partial charge in [0.05, 0.1) is 11.3 Å². The molecule has 0 aliphatic heterocycles. The molecule has 0 unspecified atom stereocenters. The number of halogens is 3. The molecule has 3 aromatic rings. The summed E-state index contributed by atoms with van der Waals surface area (Å²) in [5.74, 6) is -0.838. The van der Waals surface area contributed by atoms with Crippen molar-refractivity contribution in [3.8, 4) is 11.3 Å². The number of carbonyl (C=O) groups is 2. The van der Waals surface area contributed by atoms with Crippen molar-refractivity contribution in [2.45, 2.75) is 13.1 Å². The molecule has 2 heterocycles. The van der Waals surface area contributed by atoms with E-state index in [1.165, 1.54) is 24.4 Å². The Kier molecular flexibility index (Phi) is 5.24. The number of benzene rings is 1. The molecule has 140 valence electrons. The number of hydrogen-bond donors (Lipinski definition) is 2. The number of nitrogens with zero attached hydrogens (tertiary/aromatic N) is 2. The first-order chi connectivity index (χ1) is 12.7. The Morgan fingerprint density at radius 2 is 1.74 bits per heavy atom. The minimum Gasteiger partial charge on any atom is -0.302 e. The number of amides is 2. The minimum absolute atomic E-state index is 0.0968. The van der Waals surface area contributed by atoms with E-state index in [1.54, 1.807) is 5.38 Å². The van der Waals surface area contributed by atoms with Crippen molar-refractivity contribution in [2.75, 3.05) is 10.6 Å². The highest BCUT2D eigenvalue weighted by atomic mass is 32.1. The van der Waals surface area contributed by atoms with Crippen LogP contribution in [0, 0.1) is 0 Å². The van der Waals surface area contributed by atoms with Gasteiger partial charge in [-0.25, -0.2) is 9.97 Å². The van der Waals surface area contributed by atoms with Gasteiger partial charge in [-0.15, -0.1) is 22.7 Å². The van der Waals surface area contributed by atoms with Crippen LogP contribution in [0.15, 0.2) is 35.0 Å². The maximum absolute atomic E-state index is 12.8. The molecular formula is C16H11F3N4O2S2. The van der Waals surface area contributed by atoms with Gasteiger partial charge in [-0.2, -0.15) is 13.2 Å². The largest absolute Gasteiger partial charge is 0.416 e. The quantitative estimate of drug-likeness (QED) is 0.661. The van der Waals surface area contributed by atoms with E-state index in [0.717, 1.165) is 34.8 Å². The Hall–Kier alpha value is -2.79. The van der Waals surface area contributed by atoms with E-state index in [9.17, 15) is 22.8 Å². The Morgan fingerprint density at radius 3 is 2.44 bits per heavy atom. The van der Waals surface area contributed by atoms with E-state index in [0.29, 0.717) is 11.3 Å². The van der Waals surface area contributed by atoms with Gasteiger partial charge < -0.3 is 5.32 Å². The number of hydrogen-bond acceptors (Lipinski definition) is 6. The monoisotopic (exact) mass is 412 g/mol. The van der Waals surface area contributed by atoms with Gasteiger partial charge in [-0.05, 0) is 12.1 Å². The van der Waals surface area contributed by atoms with Gasteiger partial charge in [0.25, 0.3) is 5.91 Å². The number of anilines is 2. The SMILES string of the molecule is CC(=O)Nc1nc(C(=O)Nc2nc(-c3cccc(C(F)(F)F)c3)cs2)cs1. The zero-order valence-corrected chi connectivity index (χ0v) is 15.3. The molecule has 0 fully saturated rings. The normalized spacial score (nSPS) is 11.3. The van der Waals surface area contributed by atoms with E-state index in [2.05, 4.69) is 20.6 Å². The fourth-order valence-corrected chi connectivity index (χ4v) is 3.52. The number of nitrogens with one attached hydrogen (secondary N) is 2. The summed E-state index contributed by atoms with van der Waals surface area (Å²) in [6, 6.07) is 4.79. The van der Waals surface area contributed by atoms with Crippen LogP contribution in [0.25, 0.3) is 11.3 Å². The summed E-state index contributed by atoms with van der Waals surface area (Å²) < 4.78 is 38.5. The van der Waals surface area contributed by atoms with Crippen LogP contribution in [0.1, 0.15) is 23.0 Å². The lowest BCUT2D eigenvalue weighted by molar-refractivity contribution is -0.137. The van der Waals surface area contributed by atoms with Gasteiger partial charge >= 0.3 is 6.18 Å². The van der Waals surface area contributed by atoms with Crippen molar-refractivity contribution in [2.24, 2.45) is 0 Å². The highest BCUT2D eigenvalue weighted by Gasteiger charge is 2.30. The molecule has 0 spiro atoms. The molecule has 1 aromatic carbocycles. The second-order valence-electron chi connectivity index (χ2n) is 5.29. The fraction of sp³-hybridized carbons (Fsp3) is 0.125. The molecule has 11 heteroatoms. The van der Waals surface area contributed by atoms with Crippen LogP contribution in [-0.2, 0) is 11.0 Å². The molecule has 0 aliphatic rings. The molecule has 0 radical (unpaired) electrons. The predicted octanol–water partition coefficient (Wildman–Crippen LogP) is 4.50. The molecule has 0 atom stereocenters. The first-order valence-electron chi connectivity index (χ1n) is 7.40. The average Bonchev–Trinajstić information content (AvgIpc) is 3.23. The van der Waals surface area contributed by atoms with Crippen molar-refractivity contribution in [3.63, 3.8) is 0 Å². The van der Waals surface area contributed by atoms with Crippen LogP contribution in [0.5, 0.6) is 0 Å². The maximum atomic E-state index is 12.8. The number of carbonyl (C=O) groups excluding carboxylic acids is 2. The molecule has 2 amide bonds. The lowest BCUT2D eigenvalue weighted by Gasteiger charge is -2.07. The second kappa shape index (κ2) is 7.45. The minimum atomic E-state index is -4.45. The molecule has 0 saturated heterocycles. The lowest BCUT2D eigenvalue weighted by Crippen LogP contribution is -2.13. The van der Waals surface area contributed by atoms with E-state index in [4.69, 9.17) is 0 Å². The maximum Gasteiger partial charge on any atom is 0.416 e. The predicted molar refractivity (Wildman–Crippen MR) is 96.9 cm³/mol. The first-order valence-corrected chi connectivity index (χ1v) is 9.16. The van der Waals surface area contributed by atoms with Crippen molar-refractivity contribution >= 4 is 44.8 Å². The topological polar surface area (TPSA) is 84.0 Å². The summed E-state index contributed by atoms with van der Waals surface area (Å²) in [4.78, 5) is 31.3. The highest BCUT2D eigenvalue weighted by Crippen LogP contribution is 2.33. The number of aromatic nitrogens is 2. The molecule has 6 nitrogen and oxygen atoms in total. The van der Waals surface area contributed by atoms with E-state index in [1.807, 2.05) is 0 Å². The molecule has 0 saturated carbocycles. The molecule has 2 aromatic heterocycles. The third kappa shape index (κ3) is 4.68. The van der Waals surface area contributed by atoms with Gasteiger partial charge in [0.15, 0.2) is 10.3 Å². The Bertz CT molecular complexity index is 997. The lowest BCUT2D eigenvalue weighted by atomic mass is 10.1. The standard InChI is InChI=1S/C16H11F3N4O2S2/c1-8(24)20-14-22-12(7-27-14)13(25)23-15-21-11(6-26-15)9-3-2-4-10(5-9)16(17,18)19/h2-7H,1H3,(H,20,22,24)(H,21,23,25). The number of rotatable bonds is 4. The van der Waals surface area contributed by atoms with Crippen LogP contribution < -0.4 is 10.6 Å². The van der Waals surface area contributed by atoms with Crippen LogP contribution in [0.3, 0.4) is 0 Å². The summed E-state index contributed by atoms with van der Waals surface area (Å²) >= 11 is 2.18. The summed E-state index contributed by atoms with van der Waals surface area (Å²) in [7, 11) is 0. The second-order valence-corrected chi connectivity index (χ2v) is 7.01. The zero-order chi connectivity index (χ0) is 19.6. The smallest absolute Gasteiger partial charge is 0.302 e. The van der Waals surface area contributed by atoms with Crippen molar-refractivity contribution in [3.05, 3.63) is 46.3 Å². The third-order valence-electron chi connectivity index (χ3n) is 3.23. The summed E-state index contributed by atoms with van der Waals surface area (Å²) in [5, 5.41) is 8.54. The molecule has 3 rings (SSSR count). The van der Waals surface area contributed by atoms with E-state index in [-0.39, 0.29) is 21.9 Å². The fourth-order valence-electron chi connectivity index (χ4n) is 2.07. The van der Waals surface area contributed by atoms with E-state index >= 15 is 0 Å². The summed E-state index contributed by atoms with van der Waals surface area (Å²) in [6.07, 6.45) is -4.45. The Morgan fingerprint density at radius 1 is 1.04 bits per heavy atom. The average molecular weight is 412 g/mol. The van der Waals surface area contributed by atoms with Crippen LogP contribution >= 0.6 is 22.7 Å². The summed E-state index contributed by atoms with van der Waals surface area (Å²) in [6.45, 7) is 1.33. The van der Waals surface area contributed by atoms with Crippen LogP contribution in [0.2, 0.25) is 0 Å². The molecule has 2 N–H and O–H groups in total. The molecule has 0 aliphatic carbocycles. The Labute approximate surface area is 159 Å². The number of thiazole rings is 2. The van der Waals surface area contributed by atoms with Gasteiger partial charge in [-0.1, -0.05) is 12.1 Å².